The Bertz CT molecular complexity index is 453. The number of nitrogens with zero attached hydrogens (tertiary/aromatic N) is 2. The van der Waals surface area contributed by atoms with Gasteiger partial charge in [-0.15, -0.1) is 0 Å². The molecule has 0 aromatic rings. The Balaban J connectivity index is 1.28. The van der Waals surface area contributed by atoms with E-state index in [4.69, 9.17) is 0 Å². The van der Waals surface area contributed by atoms with Gasteiger partial charge in [0.2, 0.25) is 5.91 Å². The van der Waals surface area contributed by atoms with Crippen molar-refractivity contribution in [1.29, 1.82) is 0 Å². The van der Waals surface area contributed by atoms with Crippen LogP contribution in [0.4, 0.5) is 4.79 Å². The van der Waals surface area contributed by atoms with Crippen molar-refractivity contribution in [3.63, 3.8) is 0 Å². The van der Waals surface area contributed by atoms with Gasteiger partial charge >= 0.3 is 6.03 Å². The Labute approximate surface area is 157 Å². The fourth-order valence-corrected chi connectivity index (χ4v) is 4.29. The molecule has 2 heterocycles. The van der Waals surface area contributed by atoms with Crippen LogP contribution in [0.1, 0.15) is 51.4 Å². The minimum Gasteiger partial charge on any atom is -0.340 e. The van der Waals surface area contributed by atoms with Crippen LogP contribution in [0.3, 0.4) is 0 Å². The maximum atomic E-state index is 12.2. The summed E-state index contributed by atoms with van der Waals surface area (Å²) in [6.45, 7) is 6.25. The fourth-order valence-electron chi connectivity index (χ4n) is 4.29. The van der Waals surface area contributed by atoms with Crippen LogP contribution in [-0.4, -0.2) is 79.6 Å². The van der Waals surface area contributed by atoms with E-state index in [0.29, 0.717) is 12.5 Å². The van der Waals surface area contributed by atoms with Crippen molar-refractivity contribution in [2.45, 2.75) is 63.5 Å². The van der Waals surface area contributed by atoms with Crippen LogP contribution in [0.15, 0.2) is 0 Å². The summed E-state index contributed by atoms with van der Waals surface area (Å²) in [6.07, 6.45) is 8.56. The third kappa shape index (κ3) is 6.13. The molecule has 3 N–H and O–H groups in total. The maximum absolute atomic E-state index is 12.2. The van der Waals surface area contributed by atoms with E-state index in [0.717, 1.165) is 71.5 Å². The second-order valence-electron chi connectivity index (χ2n) is 7.95. The first-order chi connectivity index (χ1) is 12.7. The monoisotopic (exact) mass is 365 g/mol. The summed E-state index contributed by atoms with van der Waals surface area (Å²) in [4.78, 5) is 28.7. The van der Waals surface area contributed by atoms with Crippen LogP contribution < -0.4 is 16.0 Å². The number of amides is 3. The molecule has 1 saturated carbocycles. The van der Waals surface area contributed by atoms with Crippen molar-refractivity contribution >= 4 is 11.9 Å². The number of hydrogen-bond acceptors (Lipinski definition) is 4. The molecule has 3 rings (SSSR count). The molecule has 0 bridgehead atoms. The summed E-state index contributed by atoms with van der Waals surface area (Å²) in [7, 11) is 0. The lowest BCUT2D eigenvalue weighted by atomic mass is 9.96. The fraction of sp³-hybridized carbons (Fsp3) is 0.895. The molecule has 2 saturated heterocycles. The summed E-state index contributed by atoms with van der Waals surface area (Å²) in [5.74, 6) is 0.276. The first-order valence-electron chi connectivity index (χ1n) is 10.5. The van der Waals surface area contributed by atoms with Crippen LogP contribution in [-0.2, 0) is 4.79 Å². The number of likely N-dealkylation sites (tertiary alicyclic amines) is 1. The van der Waals surface area contributed by atoms with E-state index < -0.39 is 0 Å². The molecule has 7 nitrogen and oxygen atoms in total. The van der Waals surface area contributed by atoms with E-state index in [-0.39, 0.29) is 18.0 Å². The number of rotatable bonds is 5. The van der Waals surface area contributed by atoms with E-state index in [2.05, 4.69) is 20.9 Å². The summed E-state index contributed by atoms with van der Waals surface area (Å²) in [5.41, 5.74) is 0. The van der Waals surface area contributed by atoms with Gasteiger partial charge in [0.1, 0.15) is 0 Å². The van der Waals surface area contributed by atoms with Gasteiger partial charge in [0.05, 0.1) is 0 Å². The van der Waals surface area contributed by atoms with Crippen molar-refractivity contribution in [2.24, 2.45) is 0 Å². The summed E-state index contributed by atoms with van der Waals surface area (Å²) in [5, 5.41) is 9.56. The zero-order valence-electron chi connectivity index (χ0n) is 16.0. The lowest BCUT2D eigenvalue weighted by Gasteiger charge is -2.33. The Morgan fingerprint density at radius 1 is 0.846 bits per heavy atom. The quantitative estimate of drug-likeness (QED) is 0.677. The highest BCUT2D eigenvalue weighted by Crippen LogP contribution is 2.17. The second kappa shape index (κ2) is 10.1. The summed E-state index contributed by atoms with van der Waals surface area (Å²) < 4.78 is 0. The number of carbonyl (C=O) groups is 2. The van der Waals surface area contributed by atoms with Gasteiger partial charge in [-0.05, 0) is 25.7 Å². The summed E-state index contributed by atoms with van der Waals surface area (Å²) >= 11 is 0. The Morgan fingerprint density at radius 2 is 1.46 bits per heavy atom. The maximum Gasteiger partial charge on any atom is 0.315 e. The first-order valence-corrected chi connectivity index (χ1v) is 10.5. The highest BCUT2D eigenvalue weighted by atomic mass is 16.2. The normalized spacial score (nSPS) is 23.6. The number of hydrogen-bond donors (Lipinski definition) is 3. The van der Waals surface area contributed by atoms with Crippen molar-refractivity contribution in [3.8, 4) is 0 Å². The lowest BCUT2D eigenvalue weighted by Crippen LogP contribution is -2.51. The molecule has 0 spiro atoms. The van der Waals surface area contributed by atoms with Crippen LogP contribution in [0.5, 0.6) is 0 Å². The van der Waals surface area contributed by atoms with Gasteiger partial charge in [-0.2, -0.15) is 0 Å². The van der Waals surface area contributed by atoms with E-state index in [9.17, 15) is 9.59 Å². The number of carbonyl (C=O) groups excluding carboxylic acids is 2. The zero-order chi connectivity index (χ0) is 18.2. The predicted octanol–water partition coefficient (Wildman–Crippen LogP) is 0.905. The molecular formula is C19H35N5O2. The lowest BCUT2D eigenvalue weighted by molar-refractivity contribution is -0.132. The third-order valence-electron chi connectivity index (χ3n) is 5.97. The third-order valence-corrected chi connectivity index (χ3v) is 5.97. The molecule has 1 aliphatic carbocycles. The molecule has 26 heavy (non-hydrogen) atoms. The SMILES string of the molecule is O=C(NC1CCCCC1)NC1CCN(CCC(=O)N2CCNCC2)CC1. The van der Waals surface area contributed by atoms with Crippen molar-refractivity contribution in [2.75, 3.05) is 45.8 Å². The van der Waals surface area contributed by atoms with Gasteiger partial charge in [-0.3, -0.25) is 4.79 Å². The Morgan fingerprint density at radius 3 is 2.12 bits per heavy atom. The molecule has 0 unspecified atom stereocenters. The van der Waals surface area contributed by atoms with Crippen LogP contribution in [0, 0.1) is 0 Å². The predicted molar refractivity (Wildman–Crippen MR) is 102 cm³/mol. The van der Waals surface area contributed by atoms with E-state index >= 15 is 0 Å². The average molecular weight is 366 g/mol. The largest absolute Gasteiger partial charge is 0.340 e. The molecule has 0 aromatic heterocycles. The molecule has 0 radical (unpaired) electrons. The molecule has 7 heteroatoms. The smallest absolute Gasteiger partial charge is 0.315 e. The molecule has 0 atom stereocenters. The van der Waals surface area contributed by atoms with Crippen LogP contribution in [0.2, 0.25) is 0 Å². The number of nitrogens with one attached hydrogen (secondary N) is 3. The standard InChI is InChI=1S/C19H35N5O2/c25-18(24-14-9-20-10-15-24)8-13-23-11-6-17(7-12-23)22-19(26)21-16-4-2-1-3-5-16/h16-17,20H,1-15H2,(H2,21,22,26). The first kappa shape index (κ1) is 19.4. The number of urea groups is 1. The highest BCUT2D eigenvalue weighted by molar-refractivity contribution is 5.76. The van der Waals surface area contributed by atoms with Crippen molar-refractivity contribution in [1.82, 2.24) is 25.8 Å². The molecular weight excluding hydrogens is 330 g/mol. The molecule has 0 aromatic carbocycles. The number of piperidine rings is 1. The summed E-state index contributed by atoms with van der Waals surface area (Å²) in [6, 6.07) is 0.628. The minimum absolute atomic E-state index is 0.00392. The van der Waals surface area contributed by atoms with E-state index in [1.165, 1.54) is 19.3 Å². The van der Waals surface area contributed by atoms with Gasteiger partial charge in [-0.1, -0.05) is 19.3 Å². The van der Waals surface area contributed by atoms with Gasteiger partial charge in [0.15, 0.2) is 0 Å². The van der Waals surface area contributed by atoms with Gasteiger partial charge in [0.25, 0.3) is 0 Å². The van der Waals surface area contributed by atoms with Crippen LogP contribution in [0.25, 0.3) is 0 Å². The van der Waals surface area contributed by atoms with Crippen molar-refractivity contribution < 1.29 is 9.59 Å². The molecule has 2 aliphatic heterocycles. The average Bonchev–Trinajstić information content (AvgIpc) is 2.68. The van der Waals surface area contributed by atoms with Crippen molar-refractivity contribution in [3.05, 3.63) is 0 Å². The van der Waals surface area contributed by atoms with Crippen LogP contribution >= 0.6 is 0 Å². The zero-order valence-corrected chi connectivity index (χ0v) is 16.0. The Hall–Kier alpha value is -1.34. The minimum atomic E-state index is 0.00392. The second-order valence-corrected chi connectivity index (χ2v) is 7.95. The Kier molecular flexibility index (Phi) is 7.55. The van der Waals surface area contributed by atoms with Gasteiger partial charge in [-0.25, -0.2) is 4.79 Å². The molecule has 3 fully saturated rings. The highest BCUT2D eigenvalue weighted by Gasteiger charge is 2.23. The molecule has 148 valence electrons. The molecule has 3 amide bonds. The van der Waals surface area contributed by atoms with E-state index in [1.807, 2.05) is 4.90 Å². The van der Waals surface area contributed by atoms with Gasteiger partial charge in [0, 0.05) is 64.3 Å². The number of piperazine rings is 1. The van der Waals surface area contributed by atoms with Gasteiger partial charge < -0.3 is 25.8 Å². The van der Waals surface area contributed by atoms with E-state index in [1.54, 1.807) is 0 Å². The molecule has 3 aliphatic rings. The topological polar surface area (TPSA) is 76.7 Å².